The molecule has 0 aliphatic heterocycles. The van der Waals surface area contributed by atoms with E-state index in [0.29, 0.717) is 19.4 Å². The lowest BCUT2D eigenvalue weighted by Crippen LogP contribution is -2.25. The molecule has 34 heavy (non-hydrogen) atoms. The molecular weight excluding hydrogens is 468 g/mol. The quantitative estimate of drug-likeness (QED) is 0.151. The molecule has 0 amide bonds. The number of carboxylic acid groups (broad SMARTS) is 2. The van der Waals surface area contributed by atoms with Crippen molar-refractivity contribution in [2.24, 2.45) is 0 Å². The number of rotatable bonds is 17. The van der Waals surface area contributed by atoms with Crippen LogP contribution in [0.5, 0.6) is 5.75 Å². The van der Waals surface area contributed by atoms with Gasteiger partial charge in [-0.05, 0) is 49.3 Å². The highest BCUT2D eigenvalue weighted by Crippen LogP contribution is 2.39. The molecule has 0 aliphatic rings. The number of thiol groups is 2. The molecule has 0 fully saturated rings. The van der Waals surface area contributed by atoms with Crippen LogP contribution < -0.4 is 4.74 Å². The van der Waals surface area contributed by atoms with Gasteiger partial charge < -0.3 is 14.9 Å². The van der Waals surface area contributed by atoms with Crippen molar-refractivity contribution in [2.75, 3.05) is 6.61 Å². The molecule has 0 aliphatic carbocycles. The van der Waals surface area contributed by atoms with Gasteiger partial charge in [-0.2, -0.15) is 25.3 Å². The van der Waals surface area contributed by atoms with Gasteiger partial charge in [0.25, 0.3) is 0 Å². The van der Waals surface area contributed by atoms with Gasteiger partial charge in [-0.15, -0.1) is 0 Å². The highest BCUT2D eigenvalue weighted by Gasteiger charge is 2.30. The number of hydrogen-bond acceptors (Lipinski definition) is 5. The zero-order valence-corrected chi connectivity index (χ0v) is 21.3. The van der Waals surface area contributed by atoms with Gasteiger partial charge in [0.1, 0.15) is 5.75 Å². The molecule has 0 spiro atoms. The van der Waals surface area contributed by atoms with Gasteiger partial charge in [-0.25, -0.2) is 0 Å². The van der Waals surface area contributed by atoms with Crippen LogP contribution in [0.1, 0.15) is 68.4 Å². The number of aliphatic carboxylic acids is 2. The first-order chi connectivity index (χ1) is 16.4. The Morgan fingerprint density at radius 1 is 0.765 bits per heavy atom. The molecule has 0 bridgehead atoms. The molecule has 2 N–H and O–H groups in total. The zero-order valence-electron chi connectivity index (χ0n) is 19.5. The fourth-order valence-corrected chi connectivity index (χ4v) is 5.20. The van der Waals surface area contributed by atoms with Crippen molar-refractivity contribution in [1.82, 2.24) is 0 Å². The lowest BCUT2D eigenvalue weighted by molar-refractivity contribution is -0.138. The number of carboxylic acids is 2. The summed E-state index contributed by atoms with van der Waals surface area (Å²) in [4.78, 5) is 22.2. The van der Waals surface area contributed by atoms with Crippen LogP contribution in [0.15, 0.2) is 54.6 Å². The Bertz CT molecular complexity index is 850. The van der Waals surface area contributed by atoms with Crippen molar-refractivity contribution in [1.29, 1.82) is 0 Å². The second-order valence-corrected chi connectivity index (χ2v) is 9.89. The highest BCUT2D eigenvalue weighted by atomic mass is 32.1. The van der Waals surface area contributed by atoms with E-state index >= 15 is 0 Å². The zero-order chi connectivity index (χ0) is 24.8. The largest absolute Gasteiger partial charge is 0.493 e. The van der Waals surface area contributed by atoms with E-state index < -0.39 is 11.9 Å². The maximum absolute atomic E-state index is 11.1. The molecule has 2 rings (SSSR count). The summed E-state index contributed by atoms with van der Waals surface area (Å²) in [7, 11) is 0. The van der Waals surface area contributed by atoms with E-state index in [1.165, 1.54) is 5.56 Å². The van der Waals surface area contributed by atoms with Crippen LogP contribution in [0, 0.1) is 0 Å². The smallest absolute Gasteiger partial charge is 0.303 e. The topological polar surface area (TPSA) is 83.8 Å². The third-order valence-corrected chi connectivity index (χ3v) is 7.03. The number of para-hydroxylation sites is 1. The summed E-state index contributed by atoms with van der Waals surface area (Å²) < 4.78 is 6.13. The number of ether oxygens (including phenoxy) is 1. The van der Waals surface area contributed by atoms with Crippen LogP contribution in [0.25, 0.3) is 0 Å². The summed E-state index contributed by atoms with van der Waals surface area (Å²) in [5.41, 5.74) is 2.27. The average Bonchev–Trinajstić information content (AvgIpc) is 2.82. The first-order valence-corrected chi connectivity index (χ1v) is 13.0. The molecule has 2 atom stereocenters. The third-order valence-electron chi connectivity index (χ3n) is 5.88. The van der Waals surface area contributed by atoms with E-state index in [-0.39, 0.29) is 29.3 Å². The van der Waals surface area contributed by atoms with Crippen LogP contribution in [-0.2, 0) is 16.0 Å². The van der Waals surface area contributed by atoms with E-state index in [0.717, 1.165) is 43.4 Å². The van der Waals surface area contributed by atoms with Gasteiger partial charge in [0.15, 0.2) is 0 Å². The van der Waals surface area contributed by atoms with E-state index in [1.54, 1.807) is 0 Å². The van der Waals surface area contributed by atoms with Gasteiger partial charge in [-0.1, -0.05) is 61.4 Å². The van der Waals surface area contributed by atoms with Crippen LogP contribution in [0.2, 0.25) is 0 Å². The fourth-order valence-electron chi connectivity index (χ4n) is 4.07. The molecule has 0 aromatic heterocycles. The van der Waals surface area contributed by atoms with Crippen molar-refractivity contribution in [3.8, 4) is 5.75 Å². The summed E-state index contributed by atoms with van der Waals surface area (Å²) in [5, 5.41) is 17.6. The number of benzene rings is 2. The normalized spacial score (nSPS) is 13.7. The molecule has 5 nitrogen and oxygen atoms in total. The van der Waals surface area contributed by atoms with E-state index in [9.17, 15) is 9.59 Å². The van der Waals surface area contributed by atoms with Crippen LogP contribution in [-0.4, -0.2) is 39.3 Å². The Labute approximate surface area is 213 Å². The fraction of sp³-hybridized carbons (Fsp3) is 0.481. The SMILES string of the molecule is O=C(O)CCC(S)C(c1ccccc1OCCCCCCc1ccccc1)C(S)CCC(=O)O. The lowest BCUT2D eigenvalue weighted by atomic mass is 9.87. The molecule has 2 aromatic carbocycles. The number of hydrogen-bond donors (Lipinski definition) is 4. The van der Waals surface area contributed by atoms with E-state index in [1.807, 2.05) is 30.3 Å². The molecule has 0 saturated carbocycles. The summed E-state index contributed by atoms with van der Waals surface area (Å²) >= 11 is 9.41. The van der Waals surface area contributed by atoms with Crippen molar-refractivity contribution in [3.05, 3.63) is 65.7 Å². The van der Waals surface area contributed by atoms with Crippen molar-refractivity contribution < 1.29 is 24.5 Å². The van der Waals surface area contributed by atoms with E-state index in [2.05, 4.69) is 24.3 Å². The summed E-state index contributed by atoms with van der Waals surface area (Å²) in [6.45, 7) is 0.591. The Balaban J connectivity index is 1.94. The summed E-state index contributed by atoms with van der Waals surface area (Å²) in [6, 6.07) is 18.2. The van der Waals surface area contributed by atoms with Gasteiger partial charge in [0.05, 0.1) is 6.61 Å². The predicted octanol–water partition coefficient (Wildman–Crippen LogP) is 6.28. The molecule has 7 heteroatoms. The minimum atomic E-state index is -0.879. The summed E-state index contributed by atoms with van der Waals surface area (Å²) in [5.74, 6) is -1.25. The van der Waals surface area contributed by atoms with Gasteiger partial charge in [-0.3, -0.25) is 9.59 Å². The standard InChI is InChI=1S/C27H36O5S2/c28-25(29)17-15-23(33)27(24(34)16-18-26(30)31)21-13-7-8-14-22(21)32-19-9-2-1-4-10-20-11-5-3-6-12-20/h3,5-8,11-14,23-24,27,33-34H,1-2,4,9-10,15-19H2,(H,28,29)(H,30,31). The monoisotopic (exact) mass is 504 g/mol. The summed E-state index contributed by atoms with van der Waals surface area (Å²) in [6.07, 6.45) is 6.13. The second kappa shape index (κ2) is 15.7. The minimum absolute atomic E-state index is 0.00387. The van der Waals surface area contributed by atoms with Crippen molar-refractivity contribution in [2.45, 2.75) is 74.2 Å². The van der Waals surface area contributed by atoms with Gasteiger partial charge in [0.2, 0.25) is 0 Å². The van der Waals surface area contributed by atoms with Crippen LogP contribution in [0.4, 0.5) is 0 Å². The molecule has 0 radical (unpaired) electrons. The molecule has 0 heterocycles. The molecule has 2 aromatic rings. The molecular formula is C27H36O5S2. The Kier molecular flexibility index (Phi) is 13.0. The highest BCUT2D eigenvalue weighted by molar-refractivity contribution is 7.82. The number of unbranched alkanes of at least 4 members (excludes halogenated alkanes) is 3. The second-order valence-electron chi connectivity index (χ2n) is 8.56. The van der Waals surface area contributed by atoms with Crippen molar-refractivity contribution in [3.63, 3.8) is 0 Å². The Hall–Kier alpha value is -2.12. The van der Waals surface area contributed by atoms with Gasteiger partial charge >= 0.3 is 11.9 Å². The maximum atomic E-state index is 11.1. The number of carbonyl (C=O) groups is 2. The average molecular weight is 505 g/mol. The lowest BCUT2D eigenvalue weighted by Gasteiger charge is -2.30. The molecule has 2 unspecified atom stereocenters. The van der Waals surface area contributed by atoms with Crippen molar-refractivity contribution >= 4 is 37.2 Å². The van der Waals surface area contributed by atoms with E-state index in [4.69, 9.17) is 40.2 Å². The van der Waals surface area contributed by atoms with Crippen LogP contribution in [0.3, 0.4) is 0 Å². The minimum Gasteiger partial charge on any atom is -0.493 e. The van der Waals surface area contributed by atoms with Gasteiger partial charge in [0, 0.05) is 29.3 Å². The third kappa shape index (κ3) is 10.4. The number of aryl methyl sites for hydroxylation is 1. The first-order valence-electron chi connectivity index (χ1n) is 11.9. The predicted molar refractivity (Wildman–Crippen MR) is 143 cm³/mol. The first kappa shape index (κ1) is 28.1. The Morgan fingerprint density at radius 2 is 1.32 bits per heavy atom. The molecule has 186 valence electrons. The molecule has 0 saturated heterocycles. The van der Waals surface area contributed by atoms with Crippen LogP contribution >= 0.6 is 25.3 Å². The Morgan fingerprint density at radius 3 is 1.94 bits per heavy atom. The maximum Gasteiger partial charge on any atom is 0.303 e.